The molecule has 2 rings (SSSR count). The summed E-state index contributed by atoms with van der Waals surface area (Å²) in [5.41, 5.74) is 0. The number of aliphatic hydroxyl groups is 10. The molecule has 0 aromatic heterocycles. The van der Waals surface area contributed by atoms with E-state index >= 15 is 0 Å². The van der Waals surface area contributed by atoms with Crippen molar-refractivity contribution >= 4 is 0 Å². The first-order valence-corrected chi connectivity index (χ1v) is 8.19. The maximum Gasteiger partial charge on any atom is 2.00 e. The minimum Gasteiger partial charge on any atom is -0.851 e. The molecular formula is C14H26CrO14. The molecule has 0 spiro atoms. The summed E-state index contributed by atoms with van der Waals surface area (Å²) < 4.78 is 9.20. The summed E-state index contributed by atoms with van der Waals surface area (Å²) in [6.07, 6.45) is -12.9. The Labute approximate surface area is 175 Å². The number of hydrogen-bond acceptors (Lipinski definition) is 14. The van der Waals surface area contributed by atoms with Crippen LogP contribution in [0.3, 0.4) is 0 Å². The standard InChI is InChI=1S/2C7H13O7.Cr/c2*8-1-3-4(10)5(11)6(12)7(13,2-9)14-3;/h2*3-6,8,10-13H,1-2H2;/q2*-1;+2/t2*3-,4+,5-,6+,7-;/m11./s1. The predicted molar refractivity (Wildman–Crippen MR) is 79.6 cm³/mol. The molecule has 15 heteroatoms. The zero-order valence-electron chi connectivity index (χ0n) is 15.0. The second-order valence-electron chi connectivity index (χ2n) is 6.51. The second-order valence-corrected chi connectivity index (χ2v) is 6.51. The van der Waals surface area contributed by atoms with Crippen LogP contribution in [-0.4, -0.2) is 138 Å². The van der Waals surface area contributed by atoms with Gasteiger partial charge in [0.2, 0.25) is 0 Å². The summed E-state index contributed by atoms with van der Waals surface area (Å²) in [7, 11) is 0. The van der Waals surface area contributed by atoms with Crippen molar-refractivity contribution in [2.24, 2.45) is 0 Å². The van der Waals surface area contributed by atoms with E-state index in [4.69, 9.17) is 10.2 Å². The van der Waals surface area contributed by atoms with Crippen LogP contribution in [-0.2, 0) is 26.8 Å². The molecule has 0 aromatic carbocycles. The first-order chi connectivity index (χ1) is 12.9. The molecule has 0 aromatic rings. The molecule has 0 bridgehead atoms. The van der Waals surface area contributed by atoms with Crippen molar-refractivity contribution in [3.05, 3.63) is 0 Å². The molecule has 0 saturated carbocycles. The molecule has 10 atom stereocenters. The van der Waals surface area contributed by atoms with E-state index in [0.717, 1.165) is 0 Å². The van der Waals surface area contributed by atoms with Crippen LogP contribution >= 0.6 is 0 Å². The molecule has 14 nitrogen and oxygen atoms in total. The van der Waals surface area contributed by atoms with E-state index in [1.165, 1.54) is 0 Å². The average molecular weight is 470 g/mol. The van der Waals surface area contributed by atoms with E-state index in [9.17, 15) is 51.1 Å². The van der Waals surface area contributed by atoms with Crippen molar-refractivity contribution < 1.29 is 88.1 Å². The van der Waals surface area contributed by atoms with Crippen molar-refractivity contribution in [3.63, 3.8) is 0 Å². The Kier molecular flexibility index (Phi) is 11.5. The van der Waals surface area contributed by atoms with Gasteiger partial charge in [-0.15, -0.1) is 0 Å². The molecule has 2 heterocycles. The molecule has 0 aliphatic carbocycles. The fourth-order valence-corrected chi connectivity index (χ4v) is 2.68. The van der Waals surface area contributed by atoms with Gasteiger partial charge in [-0.3, -0.25) is 0 Å². The maximum atomic E-state index is 10.5. The molecule has 2 aliphatic rings. The molecular weight excluding hydrogens is 444 g/mol. The summed E-state index contributed by atoms with van der Waals surface area (Å²) in [5.74, 6) is -4.93. The third-order valence-electron chi connectivity index (χ3n) is 4.52. The Bertz CT molecular complexity index is 441. The molecule has 2 fully saturated rings. The van der Waals surface area contributed by atoms with E-state index < -0.39 is 86.8 Å². The predicted octanol–water partition coefficient (Wildman–Crippen LogP) is -8.98. The third kappa shape index (κ3) is 6.02. The molecule has 0 amide bonds. The molecule has 2 saturated heterocycles. The number of rotatable bonds is 4. The Morgan fingerprint density at radius 2 is 0.897 bits per heavy atom. The van der Waals surface area contributed by atoms with E-state index in [2.05, 4.69) is 9.47 Å². The Morgan fingerprint density at radius 3 is 1.10 bits per heavy atom. The molecule has 2 aliphatic heterocycles. The Morgan fingerprint density at radius 1 is 0.621 bits per heavy atom. The zero-order valence-corrected chi connectivity index (χ0v) is 16.2. The van der Waals surface area contributed by atoms with Gasteiger partial charge in [0, 0.05) is 0 Å². The summed E-state index contributed by atoms with van der Waals surface area (Å²) in [5, 5.41) is 113. The van der Waals surface area contributed by atoms with E-state index in [-0.39, 0.29) is 17.4 Å². The normalized spacial score (nSPS) is 47.6. The zero-order chi connectivity index (χ0) is 21.9. The largest absolute Gasteiger partial charge is 2.00 e. The van der Waals surface area contributed by atoms with Crippen LogP contribution in [0.2, 0.25) is 0 Å². The minimum atomic E-state index is -2.47. The summed E-state index contributed by atoms with van der Waals surface area (Å²) in [4.78, 5) is 0. The van der Waals surface area contributed by atoms with Crippen molar-refractivity contribution in [1.29, 1.82) is 0 Å². The molecule has 0 radical (unpaired) electrons. The van der Waals surface area contributed by atoms with E-state index in [1.54, 1.807) is 0 Å². The first-order valence-electron chi connectivity index (χ1n) is 8.19. The van der Waals surface area contributed by atoms with Gasteiger partial charge < -0.3 is 70.8 Å². The first kappa shape index (κ1) is 29.0. The second kappa shape index (κ2) is 11.6. The van der Waals surface area contributed by atoms with Crippen LogP contribution in [0.4, 0.5) is 0 Å². The van der Waals surface area contributed by atoms with Gasteiger partial charge in [-0.05, 0) is 0 Å². The van der Waals surface area contributed by atoms with Gasteiger partial charge in [-0.1, -0.05) is 13.2 Å². The van der Waals surface area contributed by atoms with Gasteiger partial charge in [0.25, 0.3) is 0 Å². The van der Waals surface area contributed by atoms with Crippen molar-refractivity contribution in [2.45, 2.75) is 60.4 Å². The van der Waals surface area contributed by atoms with Crippen molar-refractivity contribution in [3.8, 4) is 0 Å². The van der Waals surface area contributed by atoms with Crippen molar-refractivity contribution in [1.82, 2.24) is 0 Å². The Hall–Kier alpha value is -0.0275. The van der Waals surface area contributed by atoms with E-state index in [0.29, 0.717) is 0 Å². The minimum absolute atomic E-state index is 0. The van der Waals surface area contributed by atoms with Crippen molar-refractivity contribution in [2.75, 3.05) is 26.4 Å². The van der Waals surface area contributed by atoms with Gasteiger partial charge in [0.15, 0.2) is 11.6 Å². The maximum absolute atomic E-state index is 10.5. The SMILES string of the molecule is [Cr+2].[O-]C[C@@]1(O)O[C@H](CO)[C@H](O)[C@@H](O)[C@@H]1O.[O-]C[C@@]1(O)O[C@H](CO)[C@H](O)[C@@H](O)[C@@H]1O. The van der Waals surface area contributed by atoms with Gasteiger partial charge in [0.1, 0.15) is 48.8 Å². The quantitative estimate of drug-likeness (QED) is 0.183. The fraction of sp³-hybridized carbons (Fsp3) is 1.00. The molecule has 10 N–H and O–H groups in total. The van der Waals surface area contributed by atoms with Gasteiger partial charge >= 0.3 is 17.4 Å². The summed E-state index contributed by atoms with van der Waals surface area (Å²) >= 11 is 0. The summed E-state index contributed by atoms with van der Waals surface area (Å²) in [6, 6.07) is 0. The van der Waals surface area contributed by atoms with Gasteiger partial charge in [-0.25, -0.2) is 0 Å². The number of aliphatic hydroxyl groups excluding tert-OH is 8. The van der Waals surface area contributed by atoms with Crippen LogP contribution in [0.5, 0.6) is 0 Å². The molecule has 29 heavy (non-hydrogen) atoms. The number of ether oxygens (including phenoxy) is 2. The smallest absolute Gasteiger partial charge is 0.851 e. The van der Waals surface area contributed by atoms with E-state index in [1.807, 2.05) is 0 Å². The fourth-order valence-electron chi connectivity index (χ4n) is 2.68. The van der Waals surface area contributed by atoms with Gasteiger partial charge in [0.05, 0.1) is 13.2 Å². The topological polar surface area (TPSA) is 267 Å². The van der Waals surface area contributed by atoms with Crippen LogP contribution in [0.1, 0.15) is 0 Å². The van der Waals surface area contributed by atoms with Crippen LogP contribution in [0.15, 0.2) is 0 Å². The number of hydrogen-bond donors (Lipinski definition) is 10. The van der Waals surface area contributed by atoms with Crippen LogP contribution in [0.25, 0.3) is 0 Å². The molecule has 0 unspecified atom stereocenters. The van der Waals surface area contributed by atoms with Crippen LogP contribution in [0, 0.1) is 0 Å². The van der Waals surface area contributed by atoms with Gasteiger partial charge in [-0.2, -0.15) is 0 Å². The molecule has 172 valence electrons. The Balaban J connectivity index is 0.000000523. The monoisotopic (exact) mass is 470 g/mol. The van der Waals surface area contributed by atoms with Crippen LogP contribution < -0.4 is 10.2 Å². The third-order valence-corrected chi connectivity index (χ3v) is 4.52. The summed E-state index contributed by atoms with van der Waals surface area (Å²) in [6.45, 7) is -3.75. The average Bonchev–Trinajstić information content (AvgIpc) is 2.70.